The molecule has 0 radical (unpaired) electrons. The fraction of sp³-hybridized carbons (Fsp3) is 0.571. The van der Waals surface area contributed by atoms with Crippen molar-refractivity contribution in [2.45, 2.75) is 20.0 Å². The Morgan fingerprint density at radius 2 is 1.75 bits per heavy atom. The van der Waals surface area contributed by atoms with Crippen molar-refractivity contribution < 1.29 is 13.2 Å². The van der Waals surface area contributed by atoms with Crippen LogP contribution in [0.5, 0.6) is 0 Å². The minimum absolute atomic E-state index is 0.421. The Hall–Kier alpha value is -1.00. The maximum absolute atomic E-state index is 12.2. The van der Waals surface area contributed by atoms with E-state index in [1.807, 2.05) is 0 Å². The Bertz CT molecular complexity index is 298. The summed E-state index contributed by atoms with van der Waals surface area (Å²) in [4.78, 5) is 3.42. The lowest BCUT2D eigenvalue weighted by Gasteiger charge is -2.05. The zero-order valence-corrected chi connectivity index (χ0v) is 7.03. The van der Waals surface area contributed by atoms with Crippen molar-refractivity contribution in [3.63, 3.8) is 0 Å². The van der Waals surface area contributed by atoms with E-state index in [1.54, 1.807) is 13.8 Å². The zero-order chi connectivity index (χ0) is 9.52. The van der Waals surface area contributed by atoms with Crippen LogP contribution in [0, 0.1) is 13.8 Å². The first-order valence-corrected chi connectivity index (χ1v) is 3.41. The molecular weight excluding hydrogens is 169 g/mol. The van der Waals surface area contributed by atoms with E-state index < -0.39 is 12.0 Å². The van der Waals surface area contributed by atoms with Crippen molar-refractivity contribution in [1.82, 2.24) is 9.55 Å². The number of halogens is 3. The van der Waals surface area contributed by atoms with Crippen molar-refractivity contribution in [3.8, 4) is 0 Å². The highest BCUT2D eigenvalue weighted by molar-refractivity contribution is 5.15. The summed E-state index contributed by atoms with van der Waals surface area (Å²) in [6, 6.07) is 0. The predicted molar refractivity (Wildman–Crippen MR) is 37.7 cm³/mol. The quantitative estimate of drug-likeness (QED) is 0.594. The molecule has 1 heterocycles. The van der Waals surface area contributed by atoms with Gasteiger partial charge in [-0.15, -0.1) is 0 Å². The van der Waals surface area contributed by atoms with Crippen LogP contribution in [-0.2, 0) is 13.2 Å². The Kier molecular flexibility index (Phi) is 1.89. The summed E-state index contributed by atoms with van der Waals surface area (Å²) < 4.78 is 37.5. The average Bonchev–Trinajstić information content (AvgIpc) is 2.15. The van der Waals surface area contributed by atoms with E-state index in [4.69, 9.17) is 0 Å². The van der Waals surface area contributed by atoms with E-state index in [9.17, 15) is 13.2 Å². The molecule has 0 spiro atoms. The van der Waals surface area contributed by atoms with Gasteiger partial charge in [0.2, 0.25) is 5.82 Å². The van der Waals surface area contributed by atoms with Crippen LogP contribution in [0.3, 0.4) is 0 Å². The fourth-order valence-corrected chi connectivity index (χ4v) is 0.970. The highest BCUT2D eigenvalue weighted by Gasteiger charge is 2.36. The molecule has 0 atom stereocenters. The Morgan fingerprint density at radius 1 is 1.25 bits per heavy atom. The molecule has 0 aromatic carbocycles. The minimum atomic E-state index is -4.35. The molecule has 0 aliphatic carbocycles. The van der Waals surface area contributed by atoms with Crippen molar-refractivity contribution in [3.05, 3.63) is 17.2 Å². The molecule has 0 aliphatic rings. The third-order valence-corrected chi connectivity index (χ3v) is 1.87. The average molecular weight is 178 g/mol. The SMILES string of the molecule is Cc1nc(C(F)(F)F)n(C)c1C. The standard InChI is InChI=1S/C7H9F3N2/c1-4-5(2)12(3)6(11-4)7(8,9)10/h1-3H3. The maximum atomic E-state index is 12.2. The summed E-state index contributed by atoms with van der Waals surface area (Å²) in [6.07, 6.45) is -4.35. The fourth-order valence-electron chi connectivity index (χ4n) is 0.970. The van der Waals surface area contributed by atoms with E-state index >= 15 is 0 Å². The van der Waals surface area contributed by atoms with Crippen LogP contribution >= 0.6 is 0 Å². The van der Waals surface area contributed by atoms with Gasteiger partial charge >= 0.3 is 6.18 Å². The predicted octanol–water partition coefficient (Wildman–Crippen LogP) is 2.06. The topological polar surface area (TPSA) is 17.8 Å². The largest absolute Gasteiger partial charge is 0.449 e. The summed E-state index contributed by atoms with van der Waals surface area (Å²) in [5, 5.41) is 0. The first kappa shape index (κ1) is 9.09. The van der Waals surface area contributed by atoms with Crippen molar-refractivity contribution >= 4 is 0 Å². The van der Waals surface area contributed by atoms with Gasteiger partial charge in [0.05, 0.1) is 5.69 Å². The molecule has 0 bridgehead atoms. The highest BCUT2D eigenvalue weighted by Crippen LogP contribution is 2.28. The highest BCUT2D eigenvalue weighted by atomic mass is 19.4. The Labute approximate surface area is 68.0 Å². The van der Waals surface area contributed by atoms with Gasteiger partial charge in [-0.1, -0.05) is 0 Å². The molecule has 12 heavy (non-hydrogen) atoms. The molecule has 0 amide bonds. The number of aryl methyl sites for hydroxylation is 1. The van der Waals surface area contributed by atoms with Gasteiger partial charge < -0.3 is 4.57 Å². The first-order chi connectivity index (χ1) is 5.34. The second-order valence-electron chi connectivity index (χ2n) is 2.66. The van der Waals surface area contributed by atoms with Gasteiger partial charge in [-0.2, -0.15) is 13.2 Å². The normalized spacial score (nSPS) is 12.2. The van der Waals surface area contributed by atoms with Crippen LogP contribution < -0.4 is 0 Å². The second kappa shape index (κ2) is 2.50. The Balaban J connectivity index is 3.28. The molecule has 0 unspecified atom stereocenters. The lowest BCUT2D eigenvalue weighted by atomic mass is 10.4. The summed E-state index contributed by atoms with van der Waals surface area (Å²) in [7, 11) is 1.36. The van der Waals surface area contributed by atoms with Crippen LogP contribution in [0.4, 0.5) is 13.2 Å². The van der Waals surface area contributed by atoms with Gasteiger partial charge in [-0.05, 0) is 13.8 Å². The van der Waals surface area contributed by atoms with Crippen molar-refractivity contribution in [2.24, 2.45) is 7.05 Å². The van der Waals surface area contributed by atoms with Crippen LogP contribution in [0.1, 0.15) is 17.2 Å². The summed E-state index contributed by atoms with van der Waals surface area (Å²) in [6.45, 7) is 3.17. The maximum Gasteiger partial charge on any atom is 0.449 e. The molecule has 0 saturated carbocycles. The summed E-state index contributed by atoms with van der Waals surface area (Å²) in [5.41, 5.74) is 0.965. The van der Waals surface area contributed by atoms with Crippen molar-refractivity contribution in [1.29, 1.82) is 0 Å². The van der Waals surface area contributed by atoms with Gasteiger partial charge in [0, 0.05) is 12.7 Å². The molecule has 0 fully saturated rings. The molecule has 0 N–H and O–H groups in total. The van der Waals surface area contributed by atoms with Crippen LogP contribution in [0.25, 0.3) is 0 Å². The van der Waals surface area contributed by atoms with Crippen LogP contribution in [0.2, 0.25) is 0 Å². The molecule has 5 heteroatoms. The van der Waals surface area contributed by atoms with Gasteiger partial charge in [-0.3, -0.25) is 0 Å². The second-order valence-corrected chi connectivity index (χ2v) is 2.66. The van der Waals surface area contributed by atoms with Gasteiger partial charge in [-0.25, -0.2) is 4.98 Å². The number of hydrogen-bond acceptors (Lipinski definition) is 1. The number of rotatable bonds is 0. The molecule has 0 aliphatic heterocycles. The lowest BCUT2D eigenvalue weighted by Crippen LogP contribution is -2.13. The molecule has 0 saturated heterocycles. The van der Waals surface area contributed by atoms with E-state index in [0.717, 1.165) is 4.57 Å². The lowest BCUT2D eigenvalue weighted by molar-refractivity contribution is -0.146. The van der Waals surface area contributed by atoms with E-state index in [1.165, 1.54) is 7.05 Å². The minimum Gasteiger partial charge on any atom is -0.328 e. The van der Waals surface area contributed by atoms with E-state index in [0.29, 0.717) is 11.4 Å². The zero-order valence-electron chi connectivity index (χ0n) is 7.03. The van der Waals surface area contributed by atoms with E-state index in [2.05, 4.69) is 4.98 Å². The Morgan fingerprint density at radius 3 is 1.92 bits per heavy atom. The monoisotopic (exact) mass is 178 g/mol. The van der Waals surface area contributed by atoms with Gasteiger partial charge in [0.25, 0.3) is 0 Å². The van der Waals surface area contributed by atoms with E-state index in [-0.39, 0.29) is 0 Å². The third kappa shape index (κ3) is 1.31. The summed E-state index contributed by atoms with van der Waals surface area (Å²) >= 11 is 0. The molecule has 1 aromatic heterocycles. The number of hydrogen-bond donors (Lipinski definition) is 0. The number of nitrogens with zero attached hydrogens (tertiary/aromatic N) is 2. The number of imidazole rings is 1. The molecule has 1 aromatic rings. The molecular formula is C7H9F3N2. The van der Waals surface area contributed by atoms with Crippen LogP contribution in [0.15, 0.2) is 0 Å². The number of alkyl halides is 3. The van der Waals surface area contributed by atoms with Crippen LogP contribution in [-0.4, -0.2) is 9.55 Å². The molecule has 1 rings (SSSR count). The summed E-state index contributed by atoms with van der Waals surface area (Å²) in [5.74, 6) is -0.836. The smallest absolute Gasteiger partial charge is 0.328 e. The number of aromatic nitrogens is 2. The molecule has 2 nitrogen and oxygen atoms in total. The third-order valence-electron chi connectivity index (χ3n) is 1.87. The first-order valence-electron chi connectivity index (χ1n) is 3.41. The van der Waals surface area contributed by atoms with Crippen molar-refractivity contribution in [2.75, 3.05) is 0 Å². The van der Waals surface area contributed by atoms with Gasteiger partial charge in [0.15, 0.2) is 0 Å². The van der Waals surface area contributed by atoms with Gasteiger partial charge in [0.1, 0.15) is 0 Å². The molecule has 68 valence electrons.